The quantitative estimate of drug-likeness (QED) is 0.154. The van der Waals surface area contributed by atoms with Crippen LogP contribution in [0.3, 0.4) is 0 Å². The highest BCUT2D eigenvalue weighted by atomic mass is 15.2. The SMILES string of the molecule is Cc1cc(C(C)(C)C)cc2c1N(c1ccc(C(C)(C)C)cc1)c1c(C)c(C(C)(C)C)cc3c1B2c1ccc(N(c2ccc(C(C)(C)C)cc2)c2ccc(C(C)(C)C)cc2)cc1N3c1ccc(C(C)(C)C)cc1-c1ccccc1. The maximum atomic E-state index is 2.67. The highest BCUT2D eigenvalue weighted by Gasteiger charge is 2.47. The Labute approximate surface area is 470 Å². The molecule has 4 heteroatoms. The van der Waals surface area contributed by atoms with E-state index in [2.05, 4.69) is 311 Å². The number of hydrogen-bond acceptors (Lipinski definition) is 3. The second-order valence-electron chi connectivity index (χ2n) is 29.0. The van der Waals surface area contributed by atoms with Crippen LogP contribution in [-0.4, -0.2) is 6.71 Å². The summed E-state index contributed by atoms with van der Waals surface area (Å²) in [7, 11) is 0. The van der Waals surface area contributed by atoms with Gasteiger partial charge in [-0.05, 0) is 180 Å². The van der Waals surface area contributed by atoms with Crippen molar-refractivity contribution in [3.8, 4) is 11.1 Å². The molecule has 8 aromatic rings. The van der Waals surface area contributed by atoms with Crippen molar-refractivity contribution < 1.29 is 0 Å². The maximum absolute atomic E-state index is 2.67. The Balaban J connectivity index is 1.36. The monoisotopic (exact) mass is 1030 g/mol. The molecule has 78 heavy (non-hydrogen) atoms. The molecule has 0 radical (unpaired) electrons. The van der Waals surface area contributed by atoms with Gasteiger partial charge < -0.3 is 14.7 Å². The van der Waals surface area contributed by atoms with Crippen LogP contribution in [0.25, 0.3) is 11.1 Å². The summed E-state index contributed by atoms with van der Waals surface area (Å²) in [6.45, 7) is 46.7. The van der Waals surface area contributed by atoms with Gasteiger partial charge in [0.05, 0.1) is 5.69 Å². The third-order valence-corrected chi connectivity index (χ3v) is 16.9. The van der Waals surface area contributed by atoms with Gasteiger partial charge in [0, 0.05) is 51.1 Å². The summed E-state index contributed by atoms with van der Waals surface area (Å²) in [5, 5.41) is 0. The molecule has 0 fully saturated rings. The lowest BCUT2D eigenvalue weighted by Crippen LogP contribution is -2.62. The first kappa shape index (κ1) is 54.6. The smallest absolute Gasteiger partial charge is 0.252 e. The third kappa shape index (κ3) is 9.81. The van der Waals surface area contributed by atoms with Gasteiger partial charge in [-0.1, -0.05) is 216 Å². The van der Waals surface area contributed by atoms with Crippen molar-refractivity contribution in [3.05, 3.63) is 202 Å². The molecule has 0 aliphatic carbocycles. The normalized spacial score (nSPS) is 13.8. The Hall–Kier alpha value is -6.78. The maximum Gasteiger partial charge on any atom is 0.252 e. The molecule has 0 atom stereocenters. The molecule has 0 N–H and O–H groups in total. The minimum atomic E-state index is -0.181. The lowest BCUT2D eigenvalue weighted by molar-refractivity contribution is 0.586. The Morgan fingerprint density at radius 2 is 0.846 bits per heavy atom. The van der Waals surface area contributed by atoms with E-state index in [0.717, 1.165) is 17.1 Å². The third-order valence-electron chi connectivity index (χ3n) is 16.9. The second-order valence-corrected chi connectivity index (χ2v) is 29.0. The van der Waals surface area contributed by atoms with Crippen LogP contribution in [0.1, 0.15) is 169 Å². The van der Waals surface area contributed by atoms with Crippen LogP contribution in [0, 0.1) is 13.8 Å². The first-order valence-corrected chi connectivity index (χ1v) is 28.7. The zero-order valence-corrected chi connectivity index (χ0v) is 50.9. The number of aryl methyl sites for hydroxylation is 1. The summed E-state index contributed by atoms with van der Waals surface area (Å²) < 4.78 is 0. The van der Waals surface area contributed by atoms with Gasteiger partial charge in [0.15, 0.2) is 0 Å². The highest BCUT2D eigenvalue weighted by molar-refractivity contribution is 7.00. The van der Waals surface area contributed by atoms with E-state index in [1.807, 2.05) is 0 Å². The molecule has 0 unspecified atom stereocenters. The van der Waals surface area contributed by atoms with Crippen LogP contribution in [0.4, 0.5) is 51.2 Å². The predicted octanol–water partition coefficient (Wildman–Crippen LogP) is 19.3. The van der Waals surface area contributed by atoms with Crippen molar-refractivity contribution in [2.45, 2.75) is 171 Å². The molecule has 2 aliphatic heterocycles. The summed E-state index contributed by atoms with van der Waals surface area (Å²) in [4.78, 5) is 7.81. The van der Waals surface area contributed by atoms with E-state index < -0.39 is 0 Å². The first-order valence-electron chi connectivity index (χ1n) is 28.7. The molecular formula is C74H86BN3. The van der Waals surface area contributed by atoms with Crippen molar-refractivity contribution in [2.24, 2.45) is 0 Å². The molecule has 3 nitrogen and oxygen atoms in total. The van der Waals surface area contributed by atoms with Gasteiger partial charge in [0.2, 0.25) is 0 Å². The minimum absolute atomic E-state index is 0.0194. The average Bonchev–Trinajstić information content (AvgIpc) is 3.38. The van der Waals surface area contributed by atoms with Crippen LogP contribution in [0.15, 0.2) is 158 Å². The highest BCUT2D eigenvalue weighted by Crippen LogP contribution is 2.52. The number of rotatable bonds is 6. The Morgan fingerprint density at radius 1 is 0.359 bits per heavy atom. The van der Waals surface area contributed by atoms with E-state index in [1.165, 1.54) is 106 Å². The Bertz CT molecular complexity index is 3500. The Kier molecular flexibility index (Phi) is 13.3. The molecule has 400 valence electrons. The van der Waals surface area contributed by atoms with Crippen molar-refractivity contribution in [1.29, 1.82) is 0 Å². The lowest BCUT2D eigenvalue weighted by Gasteiger charge is -2.47. The van der Waals surface area contributed by atoms with Gasteiger partial charge in [0.25, 0.3) is 6.71 Å². The molecular weight excluding hydrogens is 942 g/mol. The standard InChI is InChI=1S/C74H86BN3/c1-47-42-54(73(15,16)17)44-62-67(47)77(57-37-30-52(31-38-57)71(9,10)11)68-48(2)60(74(18,19)20)46-65-66(68)75(62)61-40-39-58(45-64(61)78(65)63-41-32-53(72(12,13)14)43-59(63)49-24-22-21-23-25-49)76(55-33-26-50(27-34-55)69(3,4)5)56-35-28-51(29-36-56)70(6,7)8/h21-46H,1-20H3. The number of nitrogens with zero attached hydrogens (tertiary/aromatic N) is 3. The number of benzene rings is 8. The molecule has 0 saturated heterocycles. The van der Waals surface area contributed by atoms with Gasteiger partial charge >= 0.3 is 0 Å². The number of anilines is 9. The summed E-state index contributed by atoms with van der Waals surface area (Å²) in [5.74, 6) is 0. The van der Waals surface area contributed by atoms with E-state index in [9.17, 15) is 0 Å². The van der Waals surface area contributed by atoms with Crippen molar-refractivity contribution in [1.82, 2.24) is 0 Å². The summed E-state index contributed by atoms with van der Waals surface area (Å²) in [6, 6.07) is 61.5. The zero-order chi connectivity index (χ0) is 56.4. The first-order chi connectivity index (χ1) is 36.3. The largest absolute Gasteiger partial charge is 0.311 e. The van der Waals surface area contributed by atoms with Crippen molar-refractivity contribution in [3.63, 3.8) is 0 Å². The van der Waals surface area contributed by atoms with Gasteiger partial charge in [-0.2, -0.15) is 0 Å². The van der Waals surface area contributed by atoms with E-state index >= 15 is 0 Å². The van der Waals surface area contributed by atoms with Crippen LogP contribution < -0.4 is 31.1 Å². The van der Waals surface area contributed by atoms with Crippen molar-refractivity contribution >= 4 is 74.3 Å². The van der Waals surface area contributed by atoms with E-state index in [1.54, 1.807) is 0 Å². The molecule has 0 amide bonds. The molecule has 8 aromatic carbocycles. The van der Waals surface area contributed by atoms with Crippen LogP contribution >= 0.6 is 0 Å². The summed E-state index contributed by atoms with van der Waals surface area (Å²) in [6.07, 6.45) is 0. The molecule has 2 heterocycles. The van der Waals surface area contributed by atoms with E-state index in [4.69, 9.17) is 0 Å². The van der Waals surface area contributed by atoms with Gasteiger partial charge in [-0.15, -0.1) is 0 Å². The molecule has 0 bridgehead atoms. The van der Waals surface area contributed by atoms with Crippen molar-refractivity contribution in [2.75, 3.05) is 14.7 Å². The van der Waals surface area contributed by atoms with Gasteiger partial charge in [-0.25, -0.2) is 0 Å². The second kappa shape index (κ2) is 19.0. The van der Waals surface area contributed by atoms with E-state index in [0.29, 0.717) is 0 Å². The van der Waals surface area contributed by atoms with Gasteiger partial charge in [0.1, 0.15) is 0 Å². The van der Waals surface area contributed by atoms with E-state index in [-0.39, 0.29) is 39.2 Å². The van der Waals surface area contributed by atoms with Crippen LogP contribution in [0.5, 0.6) is 0 Å². The van der Waals surface area contributed by atoms with Crippen LogP contribution in [0.2, 0.25) is 0 Å². The minimum Gasteiger partial charge on any atom is -0.311 e. The summed E-state index contributed by atoms with van der Waals surface area (Å²) >= 11 is 0. The predicted molar refractivity (Wildman–Crippen MR) is 342 cm³/mol. The van der Waals surface area contributed by atoms with Crippen LogP contribution in [-0.2, 0) is 32.5 Å². The molecule has 0 aromatic heterocycles. The molecule has 0 saturated carbocycles. The lowest BCUT2D eigenvalue weighted by atomic mass is 9.33. The number of fused-ring (bicyclic) bond motifs is 4. The fourth-order valence-corrected chi connectivity index (χ4v) is 12.2. The number of hydrogen-bond donors (Lipinski definition) is 0. The average molecular weight is 1030 g/mol. The zero-order valence-electron chi connectivity index (χ0n) is 50.9. The molecule has 10 rings (SSSR count). The summed E-state index contributed by atoms with van der Waals surface area (Å²) in [5.41, 5.74) is 27.4. The fraction of sp³-hybridized carbons (Fsp3) is 0.351. The Morgan fingerprint density at radius 3 is 1.35 bits per heavy atom. The topological polar surface area (TPSA) is 9.72 Å². The molecule has 0 spiro atoms. The van der Waals surface area contributed by atoms with Gasteiger partial charge in [-0.3, -0.25) is 0 Å². The molecule has 2 aliphatic rings. The fourth-order valence-electron chi connectivity index (χ4n) is 12.2.